The van der Waals surface area contributed by atoms with Gasteiger partial charge in [-0.15, -0.1) is 0 Å². The van der Waals surface area contributed by atoms with E-state index in [0.29, 0.717) is 12.5 Å². The molecule has 0 bridgehead atoms. The van der Waals surface area contributed by atoms with E-state index in [4.69, 9.17) is 9.26 Å². The number of hydrogen-bond acceptors (Lipinski definition) is 5. The molecule has 1 aliphatic rings. The first-order valence-corrected chi connectivity index (χ1v) is 6.59. The van der Waals surface area contributed by atoms with Gasteiger partial charge in [-0.25, -0.2) is 0 Å². The molecule has 2 aromatic heterocycles. The molecular weight excluding hydrogens is 244 g/mol. The molecule has 0 N–H and O–H groups in total. The fraction of sp³-hybridized carbons (Fsp3) is 0.615. The lowest BCUT2D eigenvalue weighted by Gasteiger charge is -2.09. The van der Waals surface area contributed by atoms with Gasteiger partial charge in [0.2, 0.25) is 0 Å². The third-order valence-corrected chi connectivity index (χ3v) is 3.52. The summed E-state index contributed by atoms with van der Waals surface area (Å²) in [6.07, 6.45) is 0.966. The Morgan fingerprint density at radius 2 is 2.26 bits per heavy atom. The molecule has 0 unspecified atom stereocenters. The first-order valence-electron chi connectivity index (χ1n) is 6.59. The summed E-state index contributed by atoms with van der Waals surface area (Å²) in [5.41, 5.74) is 2.09. The van der Waals surface area contributed by atoms with Gasteiger partial charge in [0.1, 0.15) is 6.04 Å². The highest BCUT2D eigenvalue weighted by Crippen LogP contribution is 2.25. The summed E-state index contributed by atoms with van der Waals surface area (Å²) in [6, 6.07) is 2.00. The molecule has 0 saturated carbocycles. The Morgan fingerprint density at radius 3 is 2.89 bits per heavy atom. The number of nitrogens with zero attached hydrogens (tertiary/aromatic N) is 4. The Balaban J connectivity index is 1.83. The SMILES string of the molecule is Cc1cc(C)n([C@@H](C)c2nc([C@H]3CCOC3)no2)n1. The van der Waals surface area contributed by atoms with Crippen LogP contribution in [0.1, 0.15) is 48.4 Å². The molecule has 2 aromatic rings. The summed E-state index contributed by atoms with van der Waals surface area (Å²) in [7, 11) is 0. The van der Waals surface area contributed by atoms with Gasteiger partial charge in [-0.05, 0) is 33.3 Å². The van der Waals surface area contributed by atoms with Crippen LogP contribution in [0.2, 0.25) is 0 Å². The minimum atomic E-state index is -0.0442. The maximum atomic E-state index is 5.38. The molecule has 0 radical (unpaired) electrons. The van der Waals surface area contributed by atoms with Gasteiger partial charge in [0.05, 0.1) is 12.3 Å². The zero-order valence-electron chi connectivity index (χ0n) is 11.5. The maximum Gasteiger partial charge on any atom is 0.251 e. The van der Waals surface area contributed by atoms with Gasteiger partial charge in [-0.2, -0.15) is 10.1 Å². The second-order valence-electron chi connectivity index (χ2n) is 5.10. The van der Waals surface area contributed by atoms with Crippen molar-refractivity contribution in [3.8, 4) is 0 Å². The molecule has 0 aliphatic carbocycles. The fourth-order valence-corrected chi connectivity index (χ4v) is 2.46. The average Bonchev–Trinajstić information content (AvgIpc) is 3.06. The van der Waals surface area contributed by atoms with Crippen LogP contribution < -0.4 is 0 Å². The molecule has 19 heavy (non-hydrogen) atoms. The quantitative estimate of drug-likeness (QED) is 0.846. The fourth-order valence-electron chi connectivity index (χ4n) is 2.46. The predicted molar refractivity (Wildman–Crippen MR) is 68.0 cm³/mol. The van der Waals surface area contributed by atoms with E-state index >= 15 is 0 Å². The summed E-state index contributed by atoms with van der Waals surface area (Å²) in [4.78, 5) is 4.50. The Hall–Kier alpha value is -1.69. The second kappa shape index (κ2) is 4.77. The molecule has 6 heteroatoms. The zero-order chi connectivity index (χ0) is 13.4. The Kier molecular flexibility index (Phi) is 3.10. The van der Waals surface area contributed by atoms with Gasteiger partial charge in [0, 0.05) is 18.2 Å². The smallest absolute Gasteiger partial charge is 0.251 e. The predicted octanol–water partition coefficient (Wildman–Crippen LogP) is 2.00. The minimum absolute atomic E-state index is 0.0442. The van der Waals surface area contributed by atoms with Crippen molar-refractivity contribution in [1.82, 2.24) is 19.9 Å². The Morgan fingerprint density at radius 1 is 1.42 bits per heavy atom. The summed E-state index contributed by atoms with van der Waals surface area (Å²) in [5, 5.41) is 8.53. The van der Waals surface area contributed by atoms with Crippen molar-refractivity contribution in [3.63, 3.8) is 0 Å². The number of aromatic nitrogens is 4. The monoisotopic (exact) mass is 262 g/mol. The normalized spacial score (nSPS) is 20.9. The van der Waals surface area contributed by atoms with E-state index in [-0.39, 0.29) is 12.0 Å². The number of rotatable bonds is 3. The first kappa shape index (κ1) is 12.3. The molecule has 1 aliphatic heterocycles. The Labute approximate surface area is 111 Å². The topological polar surface area (TPSA) is 66.0 Å². The highest BCUT2D eigenvalue weighted by Gasteiger charge is 2.25. The molecule has 0 amide bonds. The lowest BCUT2D eigenvalue weighted by molar-refractivity contribution is 0.192. The number of aryl methyl sites for hydroxylation is 2. The van der Waals surface area contributed by atoms with Crippen LogP contribution in [0, 0.1) is 13.8 Å². The van der Waals surface area contributed by atoms with Gasteiger partial charge < -0.3 is 9.26 Å². The van der Waals surface area contributed by atoms with E-state index in [2.05, 4.69) is 15.2 Å². The van der Waals surface area contributed by atoms with E-state index in [1.807, 2.05) is 31.5 Å². The van der Waals surface area contributed by atoms with Crippen molar-refractivity contribution in [2.24, 2.45) is 0 Å². The van der Waals surface area contributed by atoms with Crippen LogP contribution in [0.25, 0.3) is 0 Å². The van der Waals surface area contributed by atoms with Crippen molar-refractivity contribution in [3.05, 3.63) is 29.2 Å². The molecule has 2 atom stereocenters. The van der Waals surface area contributed by atoms with Gasteiger partial charge >= 0.3 is 0 Å². The van der Waals surface area contributed by atoms with E-state index in [1.165, 1.54) is 0 Å². The summed E-state index contributed by atoms with van der Waals surface area (Å²) < 4.78 is 12.6. The molecule has 3 heterocycles. The maximum absolute atomic E-state index is 5.38. The molecule has 3 rings (SSSR count). The number of hydrogen-bond donors (Lipinski definition) is 0. The van der Waals surface area contributed by atoms with Crippen molar-refractivity contribution < 1.29 is 9.26 Å². The average molecular weight is 262 g/mol. The molecular formula is C13H18N4O2. The number of ether oxygens (including phenoxy) is 1. The first-order chi connectivity index (χ1) is 9.15. The van der Waals surface area contributed by atoms with Crippen LogP contribution in [0.5, 0.6) is 0 Å². The van der Waals surface area contributed by atoms with Crippen LogP contribution >= 0.6 is 0 Å². The van der Waals surface area contributed by atoms with Crippen molar-refractivity contribution >= 4 is 0 Å². The van der Waals surface area contributed by atoms with Crippen LogP contribution in [0.3, 0.4) is 0 Å². The van der Waals surface area contributed by atoms with Crippen LogP contribution in [0.15, 0.2) is 10.6 Å². The third kappa shape index (κ3) is 2.28. The minimum Gasteiger partial charge on any atom is -0.381 e. The highest BCUT2D eigenvalue weighted by atomic mass is 16.5. The van der Waals surface area contributed by atoms with Gasteiger partial charge in [0.25, 0.3) is 5.89 Å². The van der Waals surface area contributed by atoms with Gasteiger partial charge in [-0.3, -0.25) is 4.68 Å². The van der Waals surface area contributed by atoms with E-state index < -0.39 is 0 Å². The van der Waals surface area contributed by atoms with Crippen molar-refractivity contribution in [2.75, 3.05) is 13.2 Å². The van der Waals surface area contributed by atoms with Crippen LogP contribution in [-0.2, 0) is 4.74 Å². The molecule has 102 valence electrons. The van der Waals surface area contributed by atoms with Crippen molar-refractivity contribution in [2.45, 2.75) is 39.2 Å². The standard InChI is InChI=1S/C13H18N4O2/c1-8-6-9(2)17(15-8)10(3)13-14-12(16-19-13)11-4-5-18-7-11/h6,10-11H,4-5,7H2,1-3H3/t10-,11-/m0/s1. The van der Waals surface area contributed by atoms with E-state index in [1.54, 1.807) is 0 Å². The van der Waals surface area contributed by atoms with E-state index in [9.17, 15) is 0 Å². The largest absolute Gasteiger partial charge is 0.381 e. The lowest BCUT2D eigenvalue weighted by Crippen LogP contribution is -2.11. The zero-order valence-corrected chi connectivity index (χ0v) is 11.5. The van der Waals surface area contributed by atoms with Gasteiger partial charge in [0.15, 0.2) is 5.82 Å². The van der Waals surface area contributed by atoms with Gasteiger partial charge in [-0.1, -0.05) is 5.16 Å². The highest BCUT2D eigenvalue weighted by molar-refractivity contribution is 5.10. The molecule has 0 spiro atoms. The van der Waals surface area contributed by atoms with Crippen LogP contribution in [0.4, 0.5) is 0 Å². The molecule has 1 saturated heterocycles. The summed E-state index contributed by atoms with van der Waals surface area (Å²) in [5.74, 6) is 1.62. The van der Waals surface area contributed by atoms with Crippen LogP contribution in [-0.4, -0.2) is 33.1 Å². The lowest BCUT2D eigenvalue weighted by atomic mass is 10.1. The third-order valence-electron chi connectivity index (χ3n) is 3.52. The Bertz CT molecular complexity index is 569. The molecule has 6 nitrogen and oxygen atoms in total. The molecule has 0 aromatic carbocycles. The van der Waals surface area contributed by atoms with E-state index in [0.717, 1.165) is 30.2 Å². The van der Waals surface area contributed by atoms with Crippen molar-refractivity contribution in [1.29, 1.82) is 0 Å². The molecule has 1 fully saturated rings. The summed E-state index contributed by atoms with van der Waals surface area (Å²) >= 11 is 0. The summed E-state index contributed by atoms with van der Waals surface area (Å²) in [6.45, 7) is 7.49. The second-order valence-corrected chi connectivity index (χ2v) is 5.10.